The first kappa shape index (κ1) is 18.7. The molecule has 1 heterocycles. The van der Waals surface area contributed by atoms with Crippen molar-refractivity contribution in [1.82, 2.24) is 10.6 Å². The zero-order valence-electron chi connectivity index (χ0n) is 13.3. The van der Waals surface area contributed by atoms with Crippen LogP contribution < -0.4 is 10.6 Å². The lowest BCUT2D eigenvalue weighted by atomic mass is 9.66. The van der Waals surface area contributed by atoms with E-state index in [1.165, 1.54) is 25.7 Å². The van der Waals surface area contributed by atoms with Crippen LogP contribution in [0.5, 0.6) is 0 Å². The molecule has 0 spiro atoms. The van der Waals surface area contributed by atoms with Gasteiger partial charge in [0.2, 0.25) is 5.91 Å². The van der Waals surface area contributed by atoms with Crippen molar-refractivity contribution >= 4 is 18.3 Å². The van der Waals surface area contributed by atoms with Gasteiger partial charge in [-0.25, -0.2) is 0 Å². The average molecular weight is 319 g/mol. The van der Waals surface area contributed by atoms with Crippen LogP contribution in [0.1, 0.15) is 51.9 Å². The normalized spacial score (nSPS) is 23.2. The van der Waals surface area contributed by atoms with Crippen LogP contribution in [0.25, 0.3) is 0 Å². The molecule has 1 aliphatic carbocycles. The predicted octanol–water partition coefficient (Wildman–Crippen LogP) is 2.51. The Balaban J connectivity index is 0.00000220. The van der Waals surface area contributed by atoms with Gasteiger partial charge in [-0.1, -0.05) is 6.42 Å². The minimum absolute atomic E-state index is 0. The largest absolute Gasteiger partial charge is 0.382 e. The Morgan fingerprint density at radius 2 is 2.24 bits per heavy atom. The molecular formula is C16H31ClN2O2. The van der Waals surface area contributed by atoms with E-state index in [0.717, 1.165) is 45.7 Å². The fraction of sp³-hybridized carbons (Fsp3) is 0.938. The Morgan fingerprint density at radius 1 is 1.43 bits per heavy atom. The van der Waals surface area contributed by atoms with E-state index in [1.54, 1.807) is 0 Å². The smallest absolute Gasteiger partial charge is 0.220 e. The molecule has 0 aromatic heterocycles. The molecule has 2 rings (SSSR count). The minimum atomic E-state index is 0. The number of nitrogens with one attached hydrogen (secondary N) is 2. The Hall–Kier alpha value is -0.320. The second kappa shape index (κ2) is 9.65. The monoisotopic (exact) mass is 318 g/mol. The maximum absolute atomic E-state index is 12.0. The maximum atomic E-state index is 12.0. The van der Waals surface area contributed by atoms with Crippen molar-refractivity contribution in [1.29, 1.82) is 0 Å². The molecule has 21 heavy (non-hydrogen) atoms. The number of hydrogen-bond donors (Lipinski definition) is 2. The number of carbonyl (C=O) groups is 1. The lowest BCUT2D eigenvalue weighted by molar-refractivity contribution is -0.122. The number of amides is 1. The Labute approximate surface area is 135 Å². The van der Waals surface area contributed by atoms with Gasteiger partial charge in [0.25, 0.3) is 0 Å². The second-order valence-electron chi connectivity index (χ2n) is 6.47. The van der Waals surface area contributed by atoms with E-state index >= 15 is 0 Å². The van der Waals surface area contributed by atoms with Crippen molar-refractivity contribution in [2.45, 2.75) is 51.9 Å². The zero-order chi connectivity index (χ0) is 14.3. The molecule has 1 atom stereocenters. The van der Waals surface area contributed by atoms with E-state index in [4.69, 9.17) is 4.74 Å². The fourth-order valence-corrected chi connectivity index (χ4v) is 3.30. The molecule has 1 aliphatic heterocycles. The SMILES string of the molecule is CCOCCC1(CNC(=O)CCC2CCNC2)CCC1.Cl. The van der Waals surface area contributed by atoms with Crippen molar-refractivity contribution in [2.75, 3.05) is 32.8 Å². The maximum Gasteiger partial charge on any atom is 0.220 e. The van der Waals surface area contributed by atoms with Gasteiger partial charge in [0, 0.05) is 26.2 Å². The summed E-state index contributed by atoms with van der Waals surface area (Å²) in [4.78, 5) is 12.0. The van der Waals surface area contributed by atoms with E-state index in [9.17, 15) is 4.79 Å². The van der Waals surface area contributed by atoms with Crippen LogP contribution >= 0.6 is 12.4 Å². The van der Waals surface area contributed by atoms with Gasteiger partial charge in [-0.3, -0.25) is 4.79 Å². The Bertz CT molecular complexity index is 303. The lowest BCUT2D eigenvalue weighted by Gasteiger charge is -2.42. The molecule has 0 aromatic carbocycles. The van der Waals surface area contributed by atoms with E-state index in [-0.39, 0.29) is 18.3 Å². The highest BCUT2D eigenvalue weighted by atomic mass is 35.5. The third-order valence-electron chi connectivity index (χ3n) is 5.00. The van der Waals surface area contributed by atoms with E-state index in [0.29, 0.717) is 17.8 Å². The van der Waals surface area contributed by atoms with Crippen LogP contribution in [-0.2, 0) is 9.53 Å². The van der Waals surface area contributed by atoms with Gasteiger partial charge in [-0.2, -0.15) is 0 Å². The molecule has 4 nitrogen and oxygen atoms in total. The minimum Gasteiger partial charge on any atom is -0.382 e. The summed E-state index contributed by atoms with van der Waals surface area (Å²) in [6, 6.07) is 0. The molecule has 2 fully saturated rings. The first-order chi connectivity index (χ1) is 9.74. The topological polar surface area (TPSA) is 50.4 Å². The molecule has 1 saturated carbocycles. The first-order valence-corrected chi connectivity index (χ1v) is 8.29. The van der Waals surface area contributed by atoms with Gasteiger partial charge in [0.1, 0.15) is 0 Å². The molecule has 1 saturated heterocycles. The number of ether oxygens (including phenoxy) is 1. The summed E-state index contributed by atoms with van der Waals surface area (Å²) in [5, 5.41) is 6.52. The molecule has 0 bridgehead atoms. The van der Waals surface area contributed by atoms with Gasteiger partial charge < -0.3 is 15.4 Å². The lowest BCUT2D eigenvalue weighted by Crippen LogP contribution is -2.43. The third kappa shape index (κ3) is 6.13. The molecule has 1 amide bonds. The highest BCUT2D eigenvalue weighted by Crippen LogP contribution is 2.43. The van der Waals surface area contributed by atoms with E-state index in [2.05, 4.69) is 10.6 Å². The van der Waals surface area contributed by atoms with E-state index in [1.807, 2.05) is 6.92 Å². The first-order valence-electron chi connectivity index (χ1n) is 8.29. The van der Waals surface area contributed by atoms with Crippen LogP contribution in [0, 0.1) is 11.3 Å². The summed E-state index contributed by atoms with van der Waals surface area (Å²) in [5.41, 5.74) is 0.333. The van der Waals surface area contributed by atoms with Crippen LogP contribution in [0.3, 0.4) is 0 Å². The summed E-state index contributed by atoms with van der Waals surface area (Å²) in [5.74, 6) is 0.941. The molecule has 2 N–H and O–H groups in total. The molecule has 2 aliphatic rings. The summed E-state index contributed by atoms with van der Waals surface area (Å²) in [7, 11) is 0. The predicted molar refractivity (Wildman–Crippen MR) is 87.9 cm³/mol. The molecule has 1 unspecified atom stereocenters. The molecular weight excluding hydrogens is 288 g/mol. The fourth-order valence-electron chi connectivity index (χ4n) is 3.30. The van der Waals surface area contributed by atoms with Gasteiger partial charge in [-0.15, -0.1) is 12.4 Å². The quantitative estimate of drug-likeness (QED) is 0.642. The second-order valence-corrected chi connectivity index (χ2v) is 6.47. The summed E-state index contributed by atoms with van der Waals surface area (Å²) in [6.07, 6.45) is 7.83. The summed E-state index contributed by atoms with van der Waals surface area (Å²) >= 11 is 0. The highest BCUT2D eigenvalue weighted by molar-refractivity contribution is 5.85. The summed E-state index contributed by atoms with van der Waals surface area (Å²) in [6.45, 7) is 6.71. The standard InChI is InChI=1S/C16H30N2O2.ClH/c1-2-20-11-9-16(7-3-8-16)13-18-15(19)5-4-14-6-10-17-12-14;/h14,17H,2-13H2,1H3,(H,18,19);1H. The molecule has 124 valence electrons. The average Bonchev–Trinajstić information content (AvgIpc) is 2.91. The summed E-state index contributed by atoms with van der Waals surface area (Å²) < 4.78 is 5.47. The highest BCUT2D eigenvalue weighted by Gasteiger charge is 2.36. The van der Waals surface area contributed by atoms with Crippen molar-refractivity contribution in [3.8, 4) is 0 Å². The van der Waals surface area contributed by atoms with Gasteiger partial charge in [0.05, 0.1) is 0 Å². The zero-order valence-corrected chi connectivity index (χ0v) is 14.1. The van der Waals surface area contributed by atoms with E-state index < -0.39 is 0 Å². The van der Waals surface area contributed by atoms with Crippen molar-refractivity contribution < 1.29 is 9.53 Å². The number of carbonyl (C=O) groups excluding carboxylic acids is 1. The van der Waals surface area contributed by atoms with Crippen molar-refractivity contribution in [3.05, 3.63) is 0 Å². The van der Waals surface area contributed by atoms with Crippen molar-refractivity contribution in [2.24, 2.45) is 11.3 Å². The Kier molecular flexibility index (Phi) is 8.60. The molecule has 0 aromatic rings. The number of rotatable bonds is 9. The van der Waals surface area contributed by atoms with Crippen LogP contribution in [0.4, 0.5) is 0 Å². The van der Waals surface area contributed by atoms with Crippen LogP contribution in [0.2, 0.25) is 0 Å². The van der Waals surface area contributed by atoms with Gasteiger partial charge in [-0.05, 0) is 63.5 Å². The van der Waals surface area contributed by atoms with Gasteiger partial charge >= 0.3 is 0 Å². The number of halogens is 1. The van der Waals surface area contributed by atoms with Gasteiger partial charge in [0.15, 0.2) is 0 Å². The molecule has 5 heteroatoms. The third-order valence-corrected chi connectivity index (χ3v) is 5.00. The van der Waals surface area contributed by atoms with Crippen LogP contribution in [-0.4, -0.2) is 38.8 Å². The van der Waals surface area contributed by atoms with Crippen LogP contribution in [0.15, 0.2) is 0 Å². The molecule has 0 radical (unpaired) electrons. The number of hydrogen-bond acceptors (Lipinski definition) is 3. The Morgan fingerprint density at radius 3 is 2.81 bits per heavy atom. The van der Waals surface area contributed by atoms with Crippen molar-refractivity contribution in [3.63, 3.8) is 0 Å².